The number of hydrogen-bond acceptors (Lipinski definition) is 7. The van der Waals surface area contributed by atoms with E-state index in [1.54, 1.807) is 0 Å². The minimum atomic E-state index is -8.64. The Balaban J connectivity index is 0.0000240. The first-order valence-corrected chi connectivity index (χ1v) is 13.8. The molecule has 1 heterocycles. The molecule has 1 rings (SSSR count). The first-order valence-electron chi connectivity index (χ1n) is 13.8. The minimum absolute atomic E-state index is 0. The molecule has 1 saturated heterocycles. The summed E-state index contributed by atoms with van der Waals surface area (Å²) < 4.78 is 236. The fourth-order valence-electron chi connectivity index (χ4n) is 4.23. The van der Waals surface area contributed by atoms with E-state index in [4.69, 9.17) is 9.47 Å². The van der Waals surface area contributed by atoms with E-state index in [1.165, 1.54) is 6.08 Å². The third-order valence-electron chi connectivity index (χ3n) is 7.27. The third kappa shape index (κ3) is 9.41. The minimum Gasteiger partial charge on any atom is -0.547 e. The van der Waals surface area contributed by atoms with Crippen LogP contribution in [-0.4, -0.2) is 99.6 Å². The Morgan fingerprint density at radius 1 is 0.660 bits per heavy atom. The fraction of sp³-hybridized carbons (Fsp3) is 0.880. The number of carboxylic acid groups (broad SMARTS) is 1. The summed E-state index contributed by atoms with van der Waals surface area (Å²) in [4.78, 5) is 10.7. The number of rotatable bonds is 20. The normalized spacial score (nSPS) is 22.5. The van der Waals surface area contributed by atoms with Crippen molar-refractivity contribution in [3.8, 4) is 0 Å². The van der Waals surface area contributed by atoms with Gasteiger partial charge in [0, 0.05) is 6.42 Å². The number of aliphatic hydroxyl groups excluding tert-OH is 3. The van der Waals surface area contributed by atoms with Crippen LogP contribution in [0.4, 0.5) is 74.6 Å². The van der Waals surface area contributed by atoms with Gasteiger partial charge in [-0.3, -0.25) is 0 Å². The molecule has 7 nitrogen and oxygen atoms in total. The third-order valence-corrected chi connectivity index (χ3v) is 7.27. The molecule has 1 fully saturated rings. The second-order valence-corrected chi connectivity index (χ2v) is 10.9. The van der Waals surface area contributed by atoms with Gasteiger partial charge >= 0.3 is 77.2 Å². The smallest absolute Gasteiger partial charge is 0.547 e. The molecule has 1 aliphatic heterocycles. The average Bonchev–Trinajstić information content (AvgIpc) is 3.24. The monoisotopic (exact) mass is 786 g/mol. The van der Waals surface area contributed by atoms with Crippen LogP contribution in [0.3, 0.4) is 0 Å². The van der Waals surface area contributed by atoms with E-state index >= 15 is 0 Å². The van der Waals surface area contributed by atoms with E-state index in [2.05, 4.69) is 0 Å². The summed E-state index contributed by atoms with van der Waals surface area (Å²) in [6.07, 6.45) is -17.1. The maximum atomic E-state index is 13.9. The summed E-state index contributed by atoms with van der Waals surface area (Å²) in [7, 11) is 0. The first kappa shape index (κ1) is 48.7. The van der Waals surface area contributed by atoms with Crippen LogP contribution in [0.25, 0.3) is 0 Å². The number of alkyl halides is 17. The number of carbonyl (C=O) groups is 1. The number of halogens is 17. The summed E-state index contributed by atoms with van der Waals surface area (Å²) in [5.74, 6) is -58.2. The van der Waals surface area contributed by atoms with Gasteiger partial charge in [-0.1, -0.05) is 32.1 Å². The van der Waals surface area contributed by atoms with Crippen LogP contribution in [0.15, 0.2) is 12.3 Å². The van der Waals surface area contributed by atoms with Gasteiger partial charge in [0.15, 0.2) is 0 Å². The van der Waals surface area contributed by atoms with Crippen molar-refractivity contribution in [3.63, 3.8) is 0 Å². The van der Waals surface area contributed by atoms with Gasteiger partial charge in [0.2, 0.25) is 6.29 Å². The second kappa shape index (κ2) is 17.2. The predicted molar refractivity (Wildman–Crippen MR) is 124 cm³/mol. The van der Waals surface area contributed by atoms with Crippen LogP contribution >= 0.6 is 0 Å². The quantitative estimate of drug-likeness (QED) is 0.0753. The summed E-state index contributed by atoms with van der Waals surface area (Å²) in [6, 6.07) is 0. The van der Waals surface area contributed by atoms with Crippen molar-refractivity contribution in [1.82, 2.24) is 0 Å². The van der Waals surface area contributed by atoms with E-state index in [0.29, 0.717) is 19.3 Å². The van der Waals surface area contributed by atoms with Gasteiger partial charge in [0.25, 0.3) is 0 Å². The van der Waals surface area contributed by atoms with Crippen LogP contribution in [-0.2, 0) is 14.3 Å². The van der Waals surface area contributed by atoms with E-state index in [-0.39, 0.29) is 48.8 Å². The summed E-state index contributed by atoms with van der Waals surface area (Å²) in [6.45, 7) is 0. The number of ether oxygens (including phenoxy) is 2. The Morgan fingerprint density at radius 2 is 1.06 bits per heavy atom. The molecule has 0 aromatic heterocycles. The number of allylic oxidation sites excluding steroid dienone is 1. The zero-order valence-corrected chi connectivity index (χ0v) is 27.3. The topological polar surface area (TPSA) is 119 Å². The molecular formula is C25H28F17NaO7. The van der Waals surface area contributed by atoms with E-state index < -0.39 is 104 Å². The standard InChI is InChI=1S/C25H29F17O7.Na/c26-18(27,19(28,29)20(30,31)21(32,33)22(34,35)23(36,37)24(38,39)25(40,41)42)10-8-6-4-2-1-3-5-7-9-11-48-17-13(44)12(43)15(49-17)14(45)16(46)47;/h9,11-15,17,43-45H,1-8,10H2,(H,46,47);/q;+1/p-1/t12-,13-,14+,15+,17-;/m1./s1. The van der Waals surface area contributed by atoms with Crippen LogP contribution < -0.4 is 34.7 Å². The molecule has 0 aromatic carbocycles. The Bertz CT molecular complexity index is 1120. The first-order chi connectivity index (χ1) is 21.9. The van der Waals surface area contributed by atoms with Crippen LogP contribution in [0.1, 0.15) is 57.8 Å². The molecule has 0 aromatic rings. The van der Waals surface area contributed by atoms with Gasteiger partial charge in [-0.15, -0.1) is 0 Å². The molecule has 0 bridgehead atoms. The number of hydrogen-bond donors (Lipinski definition) is 3. The molecular weight excluding hydrogens is 758 g/mol. The van der Waals surface area contributed by atoms with Crippen molar-refractivity contribution in [2.75, 3.05) is 0 Å². The number of unbranched alkanes of at least 4 members (excludes halogenated alkanes) is 7. The zero-order valence-electron chi connectivity index (χ0n) is 25.3. The fourth-order valence-corrected chi connectivity index (χ4v) is 4.23. The van der Waals surface area contributed by atoms with Gasteiger partial charge in [0.05, 0.1) is 12.2 Å². The SMILES string of the molecule is O=C([O-])[C@@H](O)[C@H]1O[C@@H](OC=CCCCCCCCCCC(F)(F)C(F)(F)C(F)(F)C(F)(F)C(F)(F)C(F)(F)C(F)(F)C(F)(F)F)[C@H](O)[C@H]1O.[Na+]. The van der Waals surface area contributed by atoms with E-state index in [1.807, 2.05) is 0 Å². The molecule has 0 saturated carbocycles. The van der Waals surface area contributed by atoms with Crippen molar-refractivity contribution in [2.24, 2.45) is 0 Å². The average molecular weight is 786 g/mol. The summed E-state index contributed by atoms with van der Waals surface area (Å²) in [5, 5.41) is 39.5. The van der Waals surface area contributed by atoms with Gasteiger partial charge < -0.3 is 34.7 Å². The molecule has 25 heteroatoms. The largest absolute Gasteiger partial charge is 1.00 e. The molecule has 0 spiro atoms. The van der Waals surface area contributed by atoms with Crippen LogP contribution in [0, 0.1) is 0 Å². The number of aliphatic carboxylic acids is 1. The molecule has 50 heavy (non-hydrogen) atoms. The Labute approximate surface area is 293 Å². The van der Waals surface area contributed by atoms with Crippen molar-refractivity contribution >= 4 is 5.97 Å². The Kier molecular flexibility index (Phi) is 16.7. The molecule has 290 valence electrons. The molecule has 0 aliphatic carbocycles. The van der Waals surface area contributed by atoms with Crippen LogP contribution in [0.5, 0.6) is 0 Å². The van der Waals surface area contributed by atoms with Gasteiger partial charge in [0.1, 0.15) is 24.4 Å². The molecule has 5 atom stereocenters. The number of carbonyl (C=O) groups excluding carboxylic acids is 1. The molecule has 1 aliphatic rings. The molecule has 0 amide bonds. The van der Waals surface area contributed by atoms with Crippen molar-refractivity contribution in [1.29, 1.82) is 0 Å². The number of carboxylic acids is 1. The van der Waals surface area contributed by atoms with E-state index in [0.717, 1.165) is 6.26 Å². The summed E-state index contributed by atoms with van der Waals surface area (Å²) >= 11 is 0. The molecule has 0 unspecified atom stereocenters. The van der Waals surface area contributed by atoms with Gasteiger partial charge in [-0.05, 0) is 25.3 Å². The van der Waals surface area contributed by atoms with Gasteiger partial charge in [-0.2, -0.15) is 74.6 Å². The zero-order chi connectivity index (χ0) is 38.7. The van der Waals surface area contributed by atoms with Crippen molar-refractivity contribution in [3.05, 3.63) is 12.3 Å². The maximum absolute atomic E-state index is 13.9. The van der Waals surface area contributed by atoms with Crippen LogP contribution in [0.2, 0.25) is 0 Å². The Morgan fingerprint density at radius 3 is 1.50 bits per heavy atom. The second-order valence-electron chi connectivity index (χ2n) is 10.9. The molecule has 3 N–H and O–H groups in total. The van der Waals surface area contributed by atoms with E-state index in [9.17, 15) is 99.9 Å². The number of aliphatic hydroxyl groups is 3. The maximum Gasteiger partial charge on any atom is 1.00 e. The van der Waals surface area contributed by atoms with Crippen molar-refractivity contribution < 1.29 is 139 Å². The predicted octanol–water partition coefficient (Wildman–Crippen LogP) is 2.60. The van der Waals surface area contributed by atoms with Crippen molar-refractivity contribution in [2.45, 2.75) is 136 Å². The molecule has 0 radical (unpaired) electrons. The Hall–Kier alpha value is -1.34. The van der Waals surface area contributed by atoms with Gasteiger partial charge in [-0.25, -0.2) is 0 Å². The summed E-state index contributed by atoms with van der Waals surface area (Å²) in [5.41, 5.74) is 0.